The third-order valence-corrected chi connectivity index (χ3v) is 4.00. The maximum atomic E-state index is 12.8. The maximum Gasteiger partial charge on any atom is 0.391 e. The number of rotatable bonds is 3. The van der Waals surface area contributed by atoms with Gasteiger partial charge < -0.3 is 9.84 Å². The maximum absolute atomic E-state index is 12.8. The third kappa shape index (κ3) is 3.45. The second kappa shape index (κ2) is 5.64. The summed E-state index contributed by atoms with van der Waals surface area (Å²) in [4.78, 5) is 0. The second-order valence-electron chi connectivity index (χ2n) is 5.55. The lowest BCUT2D eigenvalue weighted by Crippen LogP contribution is -2.41. The third-order valence-electron chi connectivity index (χ3n) is 4.00. The molecule has 2 atom stereocenters. The average molecular weight is 288 g/mol. The van der Waals surface area contributed by atoms with Crippen molar-refractivity contribution in [3.63, 3.8) is 0 Å². The van der Waals surface area contributed by atoms with Crippen LogP contribution in [-0.4, -0.2) is 24.0 Å². The predicted molar refractivity (Wildman–Crippen MR) is 69.7 cm³/mol. The highest BCUT2D eigenvalue weighted by atomic mass is 19.4. The van der Waals surface area contributed by atoms with Gasteiger partial charge in [0.05, 0.1) is 18.6 Å². The van der Waals surface area contributed by atoms with E-state index in [9.17, 15) is 18.3 Å². The zero-order valence-corrected chi connectivity index (χ0v) is 11.4. The highest BCUT2D eigenvalue weighted by Gasteiger charge is 2.47. The molecule has 0 heterocycles. The van der Waals surface area contributed by atoms with Crippen molar-refractivity contribution in [1.29, 1.82) is 0 Å². The van der Waals surface area contributed by atoms with Gasteiger partial charge in [0.2, 0.25) is 0 Å². The van der Waals surface area contributed by atoms with Crippen LogP contribution in [0.4, 0.5) is 13.2 Å². The van der Waals surface area contributed by atoms with E-state index in [1.807, 2.05) is 0 Å². The minimum atomic E-state index is -4.23. The molecule has 0 amide bonds. The molecule has 20 heavy (non-hydrogen) atoms. The van der Waals surface area contributed by atoms with Gasteiger partial charge in [0.1, 0.15) is 5.75 Å². The van der Waals surface area contributed by atoms with E-state index in [2.05, 4.69) is 0 Å². The van der Waals surface area contributed by atoms with Gasteiger partial charge in [-0.25, -0.2) is 0 Å². The lowest BCUT2D eigenvalue weighted by Gasteiger charge is -2.38. The van der Waals surface area contributed by atoms with Crippen LogP contribution in [0.2, 0.25) is 0 Å². The smallest absolute Gasteiger partial charge is 0.391 e. The molecule has 1 N–H and O–H groups in total. The van der Waals surface area contributed by atoms with Gasteiger partial charge in [-0.05, 0) is 37.3 Å². The molecule has 0 radical (unpaired) electrons. The summed E-state index contributed by atoms with van der Waals surface area (Å²) in [6, 6.07) is 7.13. The van der Waals surface area contributed by atoms with E-state index >= 15 is 0 Å². The molecule has 0 spiro atoms. The van der Waals surface area contributed by atoms with Gasteiger partial charge in [0.25, 0.3) is 0 Å². The highest BCUT2D eigenvalue weighted by molar-refractivity contribution is 5.34. The fourth-order valence-electron chi connectivity index (χ4n) is 2.98. The minimum absolute atomic E-state index is 0.109. The quantitative estimate of drug-likeness (QED) is 0.918. The van der Waals surface area contributed by atoms with Crippen molar-refractivity contribution in [2.24, 2.45) is 5.92 Å². The number of ether oxygens (including phenoxy) is 1. The largest absolute Gasteiger partial charge is 0.496 e. The number of benzene rings is 1. The van der Waals surface area contributed by atoms with Crippen LogP contribution in [0.1, 0.15) is 31.2 Å². The van der Waals surface area contributed by atoms with E-state index in [-0.39, 0.29) is 19.3 Å². The van der Waals surface area contributed by atoms with Crippen LogP contribution in [0, 0.1) is 5.92 Å². The molecule has 0 bridgehead atoms. The van der Waals surface area contributed by atoms with E-state index in [1.54, 1.807) is 24.3 Å². The first-order valence-electron chi connectivity index (χ1n) is 6.75. The first-order valence-corrected chi connectivity index (χ1v) is 6.75. The Bertz CT molecular complexity index is 459. The number of methoxy groups -OCH3 is 1. The lowest BCUT2D eigenvalue weighted by molar-refractivity contribution is -0.200. The van der Waals surface area contributed by atoms with E-state index in [0.29, 0.717) is 18.6 Å². The van der Waals surface area contributed by atoms with Crippen LogP contribution < -0.4 is 4.74 Å². The second-order valence-corrected chi connectivity index (χ2v) is 5.55. The van der Waals surface area contributed by atoms with E-state index < -0.39 is 17.7 Å². The monoisotopic (exact) mass is 288 g/mol. The molecule has 1 aliphatic carbocycles. The highest BCUT2D eigenvalue weighted by Crippen LogP contribution is 2.43. The topological polar surface area (TPSA) is 29.5 Å². The van der Waals surface area contributed by atoms with E-state index in [4.69, 9.17) is 4.74 Å². The summed E-state index contributed by atoms with van der Waals surface area (Å²) < 4.78 is 43.7. The Morgan fingerprint density at radius 2 is 2.05 bits per heavy atom. The SMILES string of the molecule is COc1ccccc1CC1(O)CCCC(C(F)(F)F)C1. The van der Waals surface area contributed by atoms with Crippen molar-refractivity contribution in [3.8, 4) is 5.75 Å². The first kappa shape index (κ1) is 15.2. The van der Waals surface area contributed by atoms with Gasteiger partial charge in [0, 0.05) is 6.42 Å². The molecule has 112 valence electrons. The average Bonchev–Trinajstić information content (AvgIpc) is 2.38. The molecule has 1 aliphatic rings. The summed E-state index contributed by atoms with van der Waals surface area (Å²) in [5.74, 6) is -0.800. The van der Waals surface area contributed by atoms with Gasteiger partial charge in [-0.1, -0.05) is 18.2 Å². The van der Waals surface area contributed by atoms with Crippen molar-refractivity contribution in [2.75, 3.05) is 7.11 Å². The zero-order chi connectivity index (χ0) is 14.8. The number of para-hydroxylation sites is 1. The Kier molecular flexibility index (Phi) is 4.28. The molecular formula is C15H19F3O2. The summed E-state index contributed by atoms with van der Waals surface area (Å²) in [5, 5.41) is 10.5. The molecule has 2 rings (SSSR count). The minimum Gasteiger partial charge on any atom is -0.496 e. The molecule has 2 unspecified atom stereocenters. The van der Waals surface area contributed by atoms with Crippen molar-refractivity contribution >= 4 is 0 Å². The van der Waals surface area contributed by atoms with Crippen LogP contribution in [-0.2, 0) is 6.42 Å². The van der Waals surface area contributed by atoms with Crippen LogP contribution in [0.15, 0.2) is 24.3 Å². The van der Waals surface area contributed by atoms with E-state index in [1.165, 1.54) is 7.11 Å². The molecule has 0 saturated heterocycles. The number of halogens is 3. The zero-order valence-electron chi connectivity index (χ0n) is 11.4. The summed E-state index contributed by atoms with van der Waals surface area (Å²) in [7, 11) is 1.52. The normalized spacial score (nSPS) is 27.4. The van der Waals surface area contributed by atoms with Crippen LogP contribution in [0.3, 0.4) is 0 Å². The van der Waals surface area contributed by atoms with Crippen LogP contribution in [0.5, 0.6) is 5.75 Å². The number of hydrogen-bond acceptors (Lipinski definition) is 2. The fourth-order valence-corrected chi connectivity index (χ4v) is 2.98. The standard InChI is InChI=1S/C15H19F3O2/c1-20-13-7-3-2-5-11(13)9-14(19)8-4-6-12(10-14)15(16,17)18/h2-3,5,7,12,19H,4,6,8-10H2,1H3. The van der Waals surface area contributed by atoms with Crippen LogP contribution in [0.25, 0.3) is 0 Å². The molecule has 2 nitrogen and oxygen atoms in total. The Balaban J connectivity index is 2.14. The van der Waals surface area contributed by atoms with Gasteiger partial charge >= 0.3 is 6.18 Å². The number of hydrogen-bond donors (Lipinski definition) is 1. The Labute approximate surface area is 116 Å². The Morgan fingerprint density at radius 3 is 2.70 bits per heavy atom. The molecule has 5 heteroatoms. The lowest BCUT2D eigenvalue weighted by atomic mass is 9.75. The van der Waals surface area contributed by atoms with Gasteiger partial charge in [-0.3, -0.25) is 0 Å². The summed E-state index contributed by atoms with van der Waals surface area (Å²) in [6.07, 6.45) is -3.35. The van der Waals surface area contributed by atoms with Gasteiger partial charge in [0.15, 0.2) is 0 Å². The molecule has 1 aromatic rings. The molecule has 1 saturated carbocycles. The molecule has 0 aliphatic heterocycles. The molecule has 1 fully saturated rings. The molecule has 1 aromatic carbocycles. The number of aliphatic hydroxyl groups is 1. The predicted octanol–water partition coefficient (Wildman–Crippen LogP) is 3.72. The van der Waals surface area contributed by atoms with Gasteiger partial charge in [-0.15, -0.1) is 0 Å². The summed E-state index contributed by atoms with van der Waals surface area (Å²) >= 11 is 0. The summed E-state index contributed by atoms with van der Waals surface area (Å²) in [5.41, 5.74) is -0.548. The van der Waals surface area contributed by atoms with Crippen molar-refractivity contribution in [3.05, 3.63) is 29.8 Å². The van der Waals surface area contributed by atoms with Crippen LogP contribution >= 0.6 is 0 Å². The van der Waals surface area contributed by atoms with E-state index in [0.717, 1.165) is 5.56 Å². The number of alkyl halides is 3. The molecule has 0 aromatic heterocycles. The van der Waals surface area contributed by atoms with Crippen molar-refractivity contribution in [1.82, 2.24) is 0 Å². The van der Waals surface area contributed by atoms with Crippen molar-refractivity contribution < 1.29 is 23.0 Å². The van der Waals surface area contributed by atoms with Crippen molar-refractivity contribution in [2.45, 2.75) is 43.9 Å². The van der Waals surface area contributed by atoms with Gasteiger partial charge in [-0.2, -0.15) is 13.2 Å². The first-order chi connectivity index (χ1) is 9.34. The molecular weight excluding hydrogens is 269 g/mol. The Morgan fingerprint density at radius 1 is 1.35 bits per heavy atom. The Hall–Kier alpha value is -1.23. The summed E-state index contributed by atoms with van der Waals surface area (Å²) in [6.45, 7) is 0. The fraction of sp³-hybridized carbons (Fsp3) is 0.600.